The Hall–Kier alpha value is -4.38. The molecule has 0 saturated carbocycles. The number of nitrogens with zero attached hydrogens (tertiary/aromatic N) is 1. The molecule has 0 radical (unpaired) electrons. The fraction of sp³-hybridized carbons (Fsp3) is 0.333. The van der Waals surface area contributed by atoms with Gasteiger partial charge in [0.05, 0.1) is 37.8 Å². The van der Waals surface area contributed by atoms with Crippen LogP contribution in [-0.2, 0) is 14.3 Å². The molecule has 0 bridgehead atoms. The molecular formula is C30H35N3O7S. The highest BCUT2D eigenvalue weighted by Crippen LogP contribution is 2.35. The van der Waals surface area contributed by atoms with Crippen molar-refractivity contribution < 1.29 is 33.4 Å². The van der Waals surface area contributed by atoms with Gasteiger partial charge in [0.2, 0.25) is 11.8 Å². The van der Waals surface area contributed by atoms with E-state index in [0.29, 0.717) is 27.6 Å². The second-order valence-corrected chi connectivity index (χ2v) is 10.9. The molecular weight excluding hydrogens is 546 g/mol. The standard InChI is InChI=1S/C30H35N3O7S/c1-7-40-29(37)19-10-13-21(14-11-19)33(25(34)18-31-27(35)24-9-8-16-41-24)26(28(36)32-30(2,3)4)20-12-15-22(38-5)23(17-20)39-6/h8-17,26H,7,18H2,1-6H3,(H,31,35)(H,32,36). The van der Waals surface area contributed by atoms with Crippen molar-refractivity contribution in [2.75, 3.05) is 32.3 Å². The summed E-state index contributed by atoms with van der Waals surface area (Å²) >= 11 is 1.25. The van der Waals surface area contributed by atoms with Crippen molar-refractivity contribution in [2.45, 2.75) is 39.3 Å². The quantitative estimate of drug-likeness (QED) is 0.323. The Kier molecular flexibility index (Phi) is 10.5. The van der Waals surface area contributed by atoms with Crippen LogP contribution in [0.2, 0.25) is 0 Å². The van der Waals surface area contributed by atoms with Crippen LogP contribution in [0, 0.1) is 0 Å². The van der Waals surface area contributed by atoms with Crippen molar-refractivity contribution in [2.24, 2.45) is 0 Å². The van der Waals surface area contributed by atoms with E-state index in [9.17, 15) is 19.2 Å². The Morgan fingerprint density at radius 2 is 1.63 bits per heavy atom. The van der Waals surface area contributed by atoms with E-state index in [0.717, 1.165) is 0 Å². The lowest BCUT2D eigenvalue weighted by Gasteiger charge is -2.34. The summed E-state index contributed by atoms with van der Waals surface area (Å²) in [4.78, 5) is 54.4. The highest BCUT2D eigenvalue weighted by molar-refractivity contribution is 7.12. The third kappa shape index (κ3) is 8.07. The summed E-state index contributed by atoms with van der Waals surface area (Å²) in [5.41, 5.74) is 0.437. The highest BCUT2D eigenvalue weighted by Gasteiger charge is 2.35. The average molecular weight is 582 g/mol. The number of hydrogen-bond donors (Lipinski definition) is 2. The molecule has 0 aliphatic rings. The van der Waals surface area contributed by atoms with Crippen LogP contribution in [0.1, 0.15) is 59.3 Å². The molecule has 0 aliphatic carbocycles. The number of hydrogen-bond acceptors (Lipinski definition) is 8. The molecule has 3 rings (SSSR count). The van der Waals surface area contributed by atoms with E-state index in [-0.39, 0.29) is 18.7 Å². The third-order valence-corrected chi connectivity index (χ3v) is 6.67. The van der Waals surface area contributed by atoms with Gasteiger partial charge in [-0.1, -0.05) is 12.1 Å². The maximum atomic E-state index is 13.9. The van der Waals surface area contributed by atoms with E-state index in [2.05, 4.69) is 10.6 Å². The van der Waals surface area contributed by atoms with E-state index in [1.165, 1.54) is 42.6 Å². The number of benzene rings is 2. The first-order chi connectivity index (χ1) is 19.5. The summed E-state index contributed by atoms with van der Waals surface area (Å²) in [5, 5.41) is 7.37. The van der Waals surface area contributed by atoms with E-state index in [1.807, 2.05) is 20.8 Å². The average Bonchev–Trinajstić information content (AvgIpc) is 3.48. The number of carbonyl (C=O) groups excluding carboxylic acids is 4. The van der Waals surface area contributed by atoms with Crippen molar-refractivity contribution in [1.29, 1.82) is 0 Å². The van der Waals surface area contributed by atoms with Crippen LogP contribution in [0.4, 0.5) is 5.69 Å². The van der Waals surface area contributed by atoms with Crippen molar-refractivity contribution in [3.05, 3.63) is 76.0 Å². The topological polar surface area (TPSA) is 123 Å². The van der Waals surface area contributed by atoms with Gasteiger partial charge in [0, 0.05) is 11.2 Å². The number of methoxy groups -OCH3 is 2. The fourth-order valence-electron chi connectivity index (χ4n) is 4.02. The monoisotopic (exact) mass is 581 g/mol. The van der Waals surface area contributed by atoms with Crippen LogP contribution in [0.15, 0.2) is 60.0 Å². The number of rotatable bonds is 11. The molecule has 1 heterocycles. The molecule has 0 aliphatic heterocycles. The molecule has 2 aromatic carbocycles. The van der Waals surface area contributed by atoms with Crippen molar-refractivity contribution in [1.82, 2.24) is 10.6 Å². The lowest BCUT2D eigenvalue weighted by Crippen LogP contribution is -2.51. The molecule has 1 unspecified atom stereocenters. The summed E-state index contributed by atoms with van der Waals surface area (Å²) in [7, 11) is 2.97. The van der Waals surface area contributed by atoms with Crippen molar-refractivity contribution in [3.63, 3.8) is 0 Å². The van der Waals surface area contributed by atoms with Gasteiger partial charge in [-0.05, 0) is 81.1 Å². The first-order valence-corrected chi connectivity index (χ1v) is 13.8. The van der Waals surface area contributed by atoms with Gasteiger partial charge in [0.15, 0.2) is 11.5 Å². The van der Waals surface area contributed by atoms with Gasteiger partial charge >= 0.3 is 5.97 Å². The van der Waals surface area contributed by atoms with Gasteiger partial charge in [-0.15, -0.1) is 11.3 Å². The predicted molar refractivity (Wildman–Crippen MR) is 157 cm³/mol. The smallest absolute Gasteiger partial charge is 0.338 e. The maximum Gasteiger partial charge on any atom is 0.338 e. The summed E-state index contributed by atoms with van der Waals surface area (Å²) in [6.07, 6.45) is 0. The normalized spacial score (nSPS) is 11.7. The number of amides is 3. The lowest BCUT2D eigenvalue weighted by atomic mass is 10.00. The highest BCUT2D eigenvalue weighted by atomic mass is 32.1. The summed E-state index contributed by atoms with van der Waals surface area (Å²) in [5.74, 6) is -1.12. The molecule has 1 atom stereocenters. The number of esters is 1. The van der Waals surface area contributed by atoms with E-state index < -0.39 is 35.3 Å². The van der Waals surface area contributed by atoms with Crippen molar-refractivity contribution in [3.8, 4) is 11.5 Å². The molecule has 11 heteroatoms. The second kappa shape index (κ2) is 13.8. The van der Waals surface area contributed by atoms with Crippen molar-refractivity contribution >= 4 is 40.7 Å². The van der Waals surface area contributed by atoms with Gasteiger partial charge < -0.3 is 24.8 Å². The summed E-state index contributed by atoms with van der Waals surface area (Å²) < 4.78 is 15.9. The van der Waals surface area contributed by atoms with Crippen LogP contribution in [0.3, 0.4) is 0 Å². The second-order valence-electron chi connectivity index (χ2n) is 9.95. The zero-order valence-corrected chi connectivity index (χ0v) is 24.8. The fourth-order valence-corrected chi connectivity index (χ4v) is 4.66. The molecule has 0 fully saturated rings. The Labute approximate surface area is 243 Å². The molecule has 3 aromatic rings. The van der Waals surface area contributed by atoms with Gasteiger partial charge in [0.1, 0.15) is 6.04 Å². The summed E-state index contributed by atoms with van der Waals surface area (Å²) in [6.45, 7) is 7.03. The summed E-state index contributed by atoms with van der Waals surface area (Å²) in [6, 6.07) is 13.3. The van der Waals surface area contributed by atoms with E-state index >= 15 is 0 Å². The van der Waals surface area contributed by atoms with Crippen LogP contribution < -0.4 is 25.0 Å². The molecule has 218 valence electrons. The number of anilines is 1. The van der Waals surface area contributed by atoms with E-state index in [4.69, 9.17) is 14.2 Å². The van der Waals surface area contributed by atoms with Gasteiger partial charge in [-0.2, -0.15) is 0 Å². The zero-order chi connectivity index (χ0) is 30.2. The molecule has 3 amide bonds. The van der Waals surface area contributed by atoms with Gasteiger partial charge in [-0.3, -0.25) is 19.3 Å². The molecule has 41 heavy (non-hydrogen) atoms. The number of ether oxygens (including phenoxy) is 3. The number of carbonyl (C=O) groups is 4. The minimum Gasteiger partial charge on any atom is -0.493 e. The SMILES string of the molecule is CCOC(=O)c1ccc(N(C(=O)CNC(=O)c2cccs2)C(C(=O)NC(C)(C)C)c2ccc(OC)c(OC)c2)cc1. The molecule has 10 nitrogen and oxygen atoms in total. The van der Waals surface area contributed by atoms with Gasteiger partial charge in [-0.25, -0.2) is 4.79 Å². The van der Waals surface area contributed by atoms with Crippen LogP contribution in [0.25, 0.3) is 0 Å². The van der Waals surface area contributed by atoms with E-state index in [1.54, 1.807) is 54.8 Å². The number of nitrogens with one attached hydrogen (secondary N) is 2. The minimum atomic E-state index is -1.17. The Morgan fingerprint density at radius 3 is 2.20 bits per heavy atom. The Balaban J connectivity index is 2.11. The minimum absolute atomic E-state index is 0.212. The van der Waals surface area contributed by atoms with Crippen LogP contribution in [0.5, 0.6) is 11.5 Å². The first-order valence-electron chi connectivity index (χ1n) is 12.9. The van der Waals surface area contributed by atoms with Gasteiger partial charge in [0.25, 0.3) is 5.91 Å². The Morgan fingerprint density at radius 1 is 0.951 bits per heavy atom. The zero-order valence-electron chi connectivity index (χ0n) is 24.0. The maximum absolute atomic E-state index is 13.9. The molecule has 0 spiro atoms. The van der Waals surface area contributed by atoms with Crippen LogP contribution >= 0.6 is 11.3 Å². The Bertz CT molecular complexity index is 1370. The largest absolute Gasteiger partial charge is 0.493 e. The molecule has 2 N–H and O–H groups in total. The molecule has 1 aromatic heterocycles. The lowest BCUT2D eigenvalue weighted by molar-refractivity contribution is -0.127. The van der Waals surface area contributed by atoms with Crippen LogP contribution in [-0.4, -0.2) is 56.6 Å². The first kappa shape index (κ1) is 31.2. The number of thiophene rings is 1. The third-order valence-electron chi connectivity index (χ3n) is 5.80. The predicted octanol–water partition coefficient (Wildman–Crippen LogP) is 4.36. The molecule has 0 saturated heterocycles.